The molecule has 3 rings (SSSR count). The molecule has 0 saturated carbocycles. The highest BCUT2D eigenvalue weighted by molar-refractivity contribution is 6.31. The van der Waals surface area contributed by atoms with Gasteiger partial charge in [0, 0.05) is 23.4 Å². The van der Waals surface area contributed by atoms with Gasteiger partial charge in [0.25, 0.3) is 0 Å². The number of amides is 2. The lowest BCUT2D eigenvalue weighted by atomic mass is 10.1. The van der Waals surface area contributed by atoms with E-state index < -0.39 is 12.1 Å². The van der Waals surface area contributed by atoms with E-state index in [0.29, 0.717) is 16.3 Å². The third kappa shape index (κ3) is 3.56. The van der Waals surface area contributed by atoms with Gasteiger partial charge in [-0.25, -0.2) is 4.79 Å². The molecule has 2 aromatic carbocycles. The Morgan fingerprint density at radius 1 is 1.04 bits per heavy atom. The number of imide groups is 1. The van der Waals surface area contributed by atoms with Crippen LogP contribution in [0, 0.1) is 0 Å². The number of hydrogen-bond donors (Lipinski definition) is 0. The van der Waals surface area contributed by atoms with Gasteiger partial charge in [0.15, 0.2) is 0 Å². The Labute approximate surface area is 150 Å². The number of halogens is 1. The molecule has 1 heterocycles. The van der Waals surface area contributed by atoms with Gasteiger partial charge in [-0.1, -0.05) is 29.8 Å². The molecule has 1 aliphatic heterocycles. The van der Waals surface area contributed by atoms with E-state index in [1.807, 2.05) is 6.07 Å². The van der Waals surface area contributed by atoms with Crippen LogP contribution in [0.2, 0.25) is 5.02 Å². The van der Waals surface area contributed by atoms with Crippen molar-refractivity contribution in [2.45, 2.75) is 25.9 Å². The highest BCUT2D eigenvalue weighted by Gasteiger charge is 2.30. The molecule has 1 saturated heterocycles. The van der Waals surface area contributed by atoms with Crippen molar-refractivity contribution < 1.29 is 19.1 Å². The number of hydrogen-bond acceptors (Lipinski definition) is 4. The number of nitrogens with zero attached hydrogens (tertiary/aromatic N) is 1. The zero-order valence-corrected chi connectivity index (χ0v) is 14.3. The Morgan fingerprint density at radius 3 is 2.24 bits per heavy atom. The second-order valence-corrected chi connectivity index (χ2v) is 6.15. The van der Waals surface area contributed by atoms with E-state index in [2.05, 4.69) is 0 Å². The zero-order valence-electron chi connectivity index (χ0n) is 13.6. The molecule has 5 nitrogen and oxygen atoms in total. The minimum absolute atomic E-state index is 0.220. The molecule has 0 N–H and O–H groups in total. The van der Waals surface area contributed by atoms with Gasteiger partial charge in [-0.3, -0.25) is 14.5 Å². The summed E-state index contributed by atoms with van der Waals surface area (Å²) in [5, 5.41) is 0.532. The van der Waals surface area contributed by atoms with Gasteiger partial charge in [0.2, 0.25) is 11.8 Å². The fourth-order valence-electron chi connectivity index (χ4n) is 2.71. The van der Waals surface area contributed by atoms with Crippen LogP contribution >= 0.6 is 11.6 Å². The smallest absolute Gasteiger partial charge is 0.338 e. The number of rotatable bonds is 4. The van der Waals surface area contributed by atoms with Gasteiger partial charge in [0.05, 0.1) is 11.3 Å². The summed E-state index contributed by atoms with van der Waals surface area (Å²) in [5.41, 5.74) is 1.52. The second kappa shape index (κ2) is 7.07. The molecule has 2 aromatic rings. The second-order valence-electron chi connectivity index (χ2n) is 5.74. The first kappa shape index (κ1) is 17.2. The maximum Gasteiger partial charge on any atom is 0.338 e. The number of ether oxygens (including phenoxy) is 1. The van der Waals surface area contributed by atoms with Crippen LogP contribution in [0.25, 0.3) is 0 Å². The molecule has 0 radical (unpaired) electrons. The van der Waals surface area contributed by atoms with Crippen molar-refractivity contribution in [3.8, 4) is 0 Å². The number of benzene rings is 2. The van der Waals surface area contributed by atoms with E-state index in [1.165, 1.54) is 12.1 Å². The number of carbonyl (C=O) groups is 3. The van der Waals surface area contributed by atoms with Gasteiger partial charge in [-0.05, 0) is 37.3 Å². The molecule has 0 spiro atoms. The maximum absolute atomic E-state index is 12.3. The molecule has 0 aliphatic carbocycles. The van der Waals surface area contributed by atoms with E-state index in [-0.39, 0.29) is 24.7 Å². The molecule has 0 bridgehead atoms. The predicted molar refractivity (Wildman–Crippen MR) is 93.5 cm³/mol. The summed E-state index contributed by atoms with van der Waals surface area (Å²) in [6.45, 7) is 1.75. The Balaban J connectivity index is 1.72. The van der Waals surface area contributed by atoms with Crippen molar-refractivity contribution in [2.24, 2.45) is 0 Å². The fraction of sp³-hybridized carbons (Fsp3) is 0.211. The van der Waals surface area contributed by atoms with Gasteiger partial charge >= 0.3 is 5.97 Å². The standard InChI is InChI=1S/C19H16ClNO4/c1-12(15-4-2-3-5-16(15)20)25-19(24)13-6-8-14(9-7-13)21-17(22)10-11-18(21)23/h2-9,12H,10-11H2,1H3/t12-/m0/s1. The van der Waals surface area contributed by atoms with Crippen LogP contribution in [0.15, 0.2) is 48.5 Å². The van der Waals surface area contributed by atoms with Crippen LogP contribution in [0.1, 0.15) is 41.8 Å². The first-order chi connectivity index (χ1) is 12.0. The first-order valence-electron chi connectivity index (χ1n) is 7.88. The summed E-state index contributed by atoms with van der Waals surface area (Å²) >= 11 is 6.11. The third-order valence-corrected chi connectivity index (χ3v) is 4.38. The predicted octanol–water partition coefficient (Wildman–Crippen LogP) is 3.91. The topological polar surface area (TPSA) is 63.7 Å². The molecule has 0 unspecified atom stereocenters. The maximum atomic E-state index is 12.3. The summed E-state index contributed by atoms with van der Waals surface area (Å²) in [5.74, 6) is -0.960. The molecule has 25 heavy (non-hydrogen) atoms. The Kier molecular flexibility index (Phi) is 4.86. The average molecular weight is 358 g/mol. The van der Waals surface area contributed by atoms with Crippen molar-refractivity contribution in [3.05, 3.63) is 64.7 Å². The molecule has 6 heteroatoms. The van der Waals surface area contributed by atoms with Gasteiger partial charge in [0.1, 0.15) is 6.10 Å². The molecule has 1 atom stereocenters. The van der Waals surface area contributed by atoms with Gasteiger partial charge in [-0.2, -0.15) is 0 Å². The van der Waals surface area contributed by atoms with Crippen LogP contribution in [0.3, 0.4) is 0 Å². The van der Waals surface area contributed by atoms with Gasteiger partial charge in [-0.15, -0.1) is 0 Å². The third-order valence-electron chi connectivity index (χ3n) is 4.04. The SMILES string of the molecule is C[C@H](OC(=O)c1ccc(N2C(=O)CCC2=O)cc1)c1ccccc1Cl. The van der Waals surface area contributed by atoms with Crippen LogP contribution in [0.4, 0.5) is 5.69 Å². The average Bonchev–Trinajstić information content (AvgIpc) is 2.94. The van der Waals surface area contributed by atoms with Crippen LogP contribution in [-0.4, -0.2) is 17.8 Å². The quantitative estimate of drug-likeness (QED) is 0.614. The highest BCUT2D eigenvalue weighted by Crippen LogP contribution is 2.27. The molecule has 0 aromatic heterocycles. The Morgan fingerprint density at radius 2 is 1.64 bits per heavy atom. The monoisotopic (exact) mass is 357 g/mol. The lowest BCUT2D eigenvalue weighted by Gasteiger charge is -2.16. The zero-order chi connectivity index (χ0) is 18.0. The van der Waals surface area contributed by atoms with E-state index in [4.69, 9.17) is 16.3 Å². The number of anilines is 1. The van der Waals surface area contributed by atoms with Crippen molar-refractivity contribution >= 4 is 35.1 Å². The molecule has 1 aliphatic rings. The fourth-order valence-corrected chi connectivity index (χ4v) is 3.00. The molecule has 128 valence electrons. The Hall–Kier alpha value is -2.66. The van der Waals surface area contributed by atoms with Crippen LogP contribution < -0.4 is 4.90 Å². The highest BCUT2D eigenvalue weighted by atomic mass is 35.5. The van der Waals surface area contributed by atoms with E-state index in [1.54, 1.807) is 37.3 Å². The summed E-state index contributed by atoms with van der Waals surface area (Å²) in [6.07, 6.45) is -0.0572. The van der Waals surface area contributed by atoms with Crippen LogP contribution in [0.5, 0.6) is 0 Å². The molecule has 1 fully saturated rings. The van der Waals surface area contributed by atoms with Crippen molar-refractivity contribution in [2.75, 3.05) is 4.90 Å². The number of esters is 1. The minimum Gasteiger partial charge on any atom is -0.454 e. The molecular weight excluding hydrogens is 342 g/mol. The minimum atomic E-state index is -0.502. The molecule has 2 amide bonds. The van der Waals surface area contributed by atoms with E-state index in [0.717, 1.165) is 10.5 Å². The molecular formula is C19H16ClNO4. The van der Waals surface area contributed by atoms with Crippen molar-refractivity contribution in [1.82, 2.24) is 0 Å². The first-order valence-corrected chi connectivity index (χ1v) is 8.26. The van der Waals surface area contributed by atoms with E-state index >= 15 is 0 Å². The summed E-state index contributed by atoms with van der Waals surface area (Å²) in [7, 11) is 0. The largest absolute Gasteiger partial charge is 0.454 e. The van der Waals surface area contributed by atoms with Gasteiger partial charge < -0.3 is 4.74 Å². The van der Waals surface area contributed by atoms with Crippen molar-refractivity contribution in [3.63, 3.8) is 0 Å². The summed E-state index contributed by atoms with van der Waals surface area (Å²) in [4.78, 5) is 36.9. The summed E-state index contributed by atoms with van der Waals surface area (Å²) in [6, 6.07) is 13.4. The van der Waals surface area contributed by atoms with Crippen molar-refractivity contribution in [1.29, 1.82) is 0 Å². The van der Waals surface area contributed by atoms with Crippen LogP contribution in [-0.2, 0) is 14.3 Å². The lowest BCUT2D eigenvalue weighted by molar-refractivity contribution is -0.121. The normalized spacial score (nSPS) is 15.4. The van der Waals surface area contributed by atoms with E-state index in [9.17, 15) is 14.4 Å². The number of carbonyl (C=O) groups excluding carboxylic acids is 3. The summed E-state index contributed by atoms with van der Waals surface area (Å²) < 4.78 is 5.44. The lowest BCUT2D eigenvalue weighted by Crippen LogP contribution is -2.28. The Bertz CT molecular complexity index is 816.